The van der Waals surface area contributed by atoms with Crippen molar-refractivity contribution in [3.63, 3.8) is 0 Å². The maximum atomic E-state index is 12.4. The van der Waals surface area contributed by atoms with E-state index in [-0.39, 0.29) is 46.9 Å². The molecular weight excluding hydrogens is 372 g/mol. The first kappa shape index (κ1) is 27.9. The number of hydrogen-bond donors (Lipinski definition) is 0. The lowest BCUT2D eigenvalue weighted by Gasteiger charge is -2.30. The van der Waals surface area contributed by atoms with Gasteiger partial charge < -0.3 is 20.4 Å². The van der Waals surface area contributed by atoms with Crippen LogP contribution >= 0.6 is 0 Å². The maximum Gasteiger partial charge on any atom is 0.309 e. The van der Waals surface area contributed by atoms with Gasteiger partial charge in [0.1, 0.15) is 6.10 Å². The zero-order valence-electron chi connectivity index (χ0n) is 18.7. The highest BCUT2D eigenvalue weighted by atomic mass is 16.5. The van der Waals surface area contributed by atoms with Crippen LogP contribution < -0.4 is 0 Å². The van der Waals surface area contributed by atoms with Gasteiger partial charge in [0.2, 0.25) is 0 Å². The number of carbonyl (C=O) groups is 2. The predicted octanol–water partition coefficient (Wildman–Crippen LogP) is 4.17. The molecule has 0 spiro atoms. The van der Waals surface area contributed by atoms with E-state index in [2.05, 4.69) is 13.8 Å². The molecule has 2 aliphatic carbocycles. The normalized spacial score (nSPS) is 27.7. The van der Waals surface area contributed by atoms with Crippen LogP contribution in [0.4, 0.5) is 0 Å². The minimum atomic E-state index is -0.0518. The highest BCUT2D eigenvalue weighted by molar-refractivity contribution is 5.73. The molecule has 6 heteroatoms. The Morgan fingerprint density at radius 1 is 0.828 bits per heavy atom. The maximum absolute atomic E-state index is 12.4. The molecule has 0 heterocycles. The lowest BCUT2D eigenvalue weighted by Crippen LogP contribution is -2.32. The molecule has 0 aromatic carbocycles. The SMILES string of the molecule is CCCCCCC(C)OC(=O)C1CCC(OC(=O)C2CCC(C)CC2)CC1.O.O. The van der Waals surface area contributed by atoms with Crippen molar-refractivity contribution in [2.45, 2.75) is 116 Å². The first-order valence-electron chi connectivity index (χ1n) is 11.4. The van der Waals surface area contributed by atoms with Crippen LogP contribution in [0.1, 0.15) is 104 Å². The van der Waals surface area contributed by atoms with Crippen molar-refractivity contribution in [3.8, 4) is 0 Å². The molecule has 2 aliphatic rings. The molecular formula is C23H44O6. The van der Waals surface area contributed by atoms with E-state index in [0.29, 0.717) is 0 Å². The van der Waals surface area contributed by atoms with E-state index in [1.165, 1.54) is 19.3 Å². The summed E-state index contributed by atoms with van der Waals surface area (Å²) in [6.45, 7) is 6.46. The van der Waals surface area contributed by atoms with Gasteiger partial charge in [-0.2, -0.15) is 0 Å². The largest absolute Gasteiger partial charge is 0.462 e. The number of ether oxygens (including phenoxy) is 2. The van der Waals surface area contributed by atoms with Crippen molar-refractivity contribution in [2.24, 2.45) is 17.8 Å². The molecule has 0 radical (unpaired) electrons. The first-order valence-corrected chi connectivity index (χ1v) is 11.4. The average Bonchev–Trinajstić information content (AvgIpc) is 2.66. The summed E-state index contributed by atoms with van der Waals surface area (Å²) < 4.78 is 11.4. The van der Waals surface area contributed by atoms with Crippen LogP contribution in [-0.4, -0.2) is 35.1 Å². The molecule has 29 heavy (non-hydrogen) atoms. The Morgan fingerprint density at radius 3 is 1.97 bits per heavy atom. The van der Waals surface area contributed by atoms with E-state index in [0.717, 1.165) is 70.1 Å². The van der Waals surface area contributed by atoms with Crippen molar-refractivity contribution in [1.82, 2.24) is 0 Å². The van der Waals surface area contributed by atoms with Crippen LogP contribution in [-0.2, 0) is 19.1 Å². The highest BCUT2D eigenvalue weighted by Crippen LogP contribution is 2.32. The fraction of sp³-hybridized carbons (Fsp3) is 0.913. The molecule has 2 saturated carbocycles. The van der Waals surface area contributed by atoms with Crippen LogP contribution in [0.5, 0.6) is 0 Å². The van der Waals surface area contributed by atoms with E-state index in [1.807, 2.05) is 6.92 Å². The van der Waals surface area contributed by atoms with Gasteiger partial charge in [0, 0.05) is 0 Å². The Balaban J connectivity index is 0.00000392. The van der Waals surface area contributed by atoms with Crippen molar-refractivity contribution >= 4 is 11.9 Å². The molecule has 0 saturated heterocycles. The second-order valence-corrected chi connectivity index (χ2v) is 8.96. The minimum absolute atomic E-state index is 0. The molecule has 0 amide bonds. The predicted molar refractivity (Wildman–Crippen MR) is 115 cm³/mol. The van der Waals surface area contributed by atoms with Crippen LogP contribution in [0.25, 0.3) is 0 Å². The molecule has 2 rings (SSSR count). The summed E-state index contributed by atoms with van der Waals surface area (Å²) in [7, 11) is 0. The summed E-state index contributed by atoms with van der Waals surface area (Å²) in [6.07, 6.45) is 13.1. The molecule has 0 aliphatic heterocycles. The zero-order valence-corrected chi connectivity index (χ0v) is 18.7. The number of hydrogen-bond acceptors (Lipinski definition) is 4. The van der Waals surface area contributed by atoms with Gasteiger partial charge >= 0.3 is 11.9 Å². The minimum Gasteiger partial charge on any atom is -0.462 e. The average molecular weight is 417 g/mol. The van der Waals surface area contributed by atoms with Crippen LogP contribution in [0.2, 0.25) is 0 Å². The van der Waals surface area contributed by atoms with Crippen LogP contribution in [0.3, 0.4) is 0 Å². The smallest absolute Gasteiger partial charge is 0.309 e. The topological polar surface area (TPSA) is 116 Å². The Bertz CT molecular complexity index is 450. The third-order valence-corrected chi connectivity index (χ3v) is 6.42. The molecule has 4 N–H and O–H groups in total. The van der Waals surface area contributed by atoms with Crippen molar-refractivity contribution in [1.29, 1.82) is 0 Å². The summed E-state index contributed by atoms with van der Waals surface area (Å²) in [5.74, 6) is 0.758. The second kappa shape index (κ2) is 14.8. The molecule has 0 aromatic heterocycles. The number of unbranched alkanes of at least 4 members (excludes halogenated alkanes) is 3. The quantitative estimate of drug-likeness (QED) is 0.414. The van der Waals surface area contributed by atoms with E-state index < -0.39 is 0 Å². The standard InChI is InChI=1S/C23H40O4.2H2O/c1-4-5-6-7-8-18(3)26-22(24)20-13-15-21(16-14-20)27-23(25)19-11-9-17(2)10-12-19;;/h17-21H,4-16H2,1-3H3;2*1H2. The summed E-state index contributed by atoms with van der Waals surface area (Å²) >= 11 is 0. The molecule has 1 unspecified atom stereocenters. The van der Waals surface area contributed by atoms with Gasteiger partial charge in [-0.05, 0) is 77.0 Å². The Hall–Kier alpha value is -1.14. The molecule has 2 fully saturated rings. The van der Waals surface area contributed by atoms with Gasteiger partial charge in [0.25, 0.3) is 0 Å². The van der Waals surface area contributed by atoms with Gasteiger partial charge in [0.15, 0.2) is 0 Å². The summed E-state index contributed by atoms with van der Waals surface area (Å²) in [6, 6.07) is 0. The van der Waals surface area contributed by atoms with Gasteiger partial charge in [0.05, 0.1) is 17.9 Å². The van der Waals surface area contributed by atoms with Crippen molar-refractivity contribution < 1.29 is 30.0 Å². The summed E-state index contributed by atoms with van der Waals surface area (Å²) in [5, 5.41) is 0. The van der Waals surface area contributed by atoms with Gasteiger partial charge in [-0.25, -0.2) is 0 Å². The Morgan fingerprint density at radius 2 is 1.38 bits per heavy atom. The zero-order chi connectivity index (χ0) is 19.6. The lowest BCUT2D eigenvalue weighted by molar-refractivity contribution is -0.160. The number of esters is 2. The highest BCUT2D eigenvalue weighted by Gasteiger charge is 2.32. The third kappa shape index (κ3) is 9.94. The molecule has 0 bridgehead atoms. The summed E-state index contributed by atoms with van der Waals surface area (Å²) in [5.41, 5.74) is 0. The number of rotatable bonds is 9. The van der Waals surface area contributed by atoms with Crippen molar-refractivity contribution in [3.05, 3.63) is 0 Å². The third-order valence-electron chi connectivity index (χ3n) is 6.42. The number of carbonyl (C=O) groups excluding carboxylic acids is 2. The summed E-state index contributed by atoms with van der Waals surface area (Å²) in [4.78, 5) is 24.7. The first-order chi connectivity index (χ1) is 13.0. The fourth-order valence-corrected chi connectivity index (χ4v) is 4.38. The van der Waals surface area contributed by atoms with Gasteiger partial charge in [-0.3, -0.25) is 9.59 Å². The Kier molecular flexibility index (Phi) is 14.2. The molecule has 6 nitrogen and oxygen atoms in total. The molecule has 1 atom stereocenters. The van der Waals surface area contributed by atoms with Crippen LogP contribution in [0, 0.1) is 17.8 Å². The van der Waals surface area contributed by atoms with Gasteiger partial charge in [-0.1, -0.05) is 33.1 Å². The van der Waals surface area contributed by atoms with Crippen molar-refractivity contribution in [2.75, 3.05) is 0 Å². The van der Waals surface area contributed by atoms with E-state index in [4.69, 9.17) is 9.47 Å². The second-order valence-electron chi connectivity index (χ2n) is 8.96. The van der Waals surface area contributed by atoms with E-state index in [9.17, 15) is 9.59 Å². The van der Waals surface area contributed by atoms with Crippen LogP contribution in [0.15, 0.2) is 0 Å². The van der Waals surface area contributed by atoms with Gasteiger partial charge in [-0.15, -0.1) is 0 Å². The fourth-order valence-electron chi connectivity index (χ4n) is 4.38. The Labute approximate surface area is 176 Å². The molecule has 0 aromatic rings. The lowest BCUT2D eigenvalue weighted by atomic mass is 9.83. The van der Waals surface area contributed by atoms with E-state index >= 15 is 0 Å². The molecule has 172 valence electrons. The van der Waals surface area contributed by atoms with E-state index in [1.54, 1.807) is 0 Å². The monoisotopic (exact) mass is 416 g/mol.